The van der Waals surface area contributed by atoms with E-state index in [9.17, 15) is 4.79 Å². The fourth-order valence-electron chi connectivity index (χ4n) is 3.47. The largest absolute Gasteiger partial charge is 0.492 e. The summed E-state index contributed by atoms with van der Waals surface area (Å²) in [5, 5.41) is 2.77. The number of anilines is 1. The van der Waals surface area contributed by atoms with Crippen molar-refractivity contribution < 1.29 is 9.53 Å². The van der Waals surface area contributed by atoms with E-state index in [1.807, 2.05) is 30.3 Å². The highest BCUT2D eigenvalue weighted by Crippen LogP contribution is 2.24. The monoisotopic (exact) mass is 432 g/mol. The van der Waals surface area contributed by atoms with Gasteiger partial charge in [-0.15, -0.1) is 0 Å². The van der Waals surface area contributed by atoms with Gasteiger partial charge in [0.15, 0.2) is 0 Å². The summed E-state index contributed by atoms with van der Waals surface area (Å²) in [5.41, 5.74) is 2.36. The summed E-state index contributed by atoms with van der Waals surface area (Å²) in [5.74, 6) is 1.64. The van der Waals surface area contributed by atoms with Gasteiger partial charge in [-0.05, 0) is 43.8 Å². The Morgan fingerprint density at radius 2 is 1.78 bits per heavy atom. The number of rotatable bonds is 7. The number of pyridine rings is 1. The second kappa shape index (κ2) is 10.3. The van der Waals surface area contributed by atoms with E-state index in [0.717, 1.165) is 49.6 Å². The number of likely N-dealkylation sites (N-methyl/N-ethyl adjacent to an activating group) is 1. The Balaban J connectivity index is 1.32. The van der Waals surface area contributed by atoms with Crippen LogP contribution in [-0.2, 0) is 0 Å². The number of piperazine rings is 1. The molecule has 8 nitrogen and oxygen atoms in total. The number of nitrogens with zero attached hydrogens (tertiary/aromatic N) is 5. The van der Waals surface area contributed by atoms with Crippen LogP contribution in [0.5, 0.6) is 5.75 Å². The molecule has 1 aromatic carbocycles. The Bertz CT molecular complexity index is 1030. The molecule has 32 heavy (non-hydrogen) atoms. The summed E-state index contributed by atoms with van der Waals surface area (Å²) < 4.78 is 5.99. The fraction of sp³-hybridized carbons (Fsp3) is 0.333. The molecule has 3 aromatic rings. The highest BCUT2D eigenvalue weighted by Gasteiger charge is 2.13. The van der Waals surface area contributed by atoms with Crippen molar-refractivity contribution in [2.45, 2.75) is 6.92 Å². The average molecular weight is 433 g/mol. The fourth-order valence-corrected chi connectivity index (χ4v) is 3.47. The van der Waals surface area contributed by atoms with E-state index >= 15 is 0 Å². The summed E-state index contributed by atoms with van der Waals surface area (Å²) in [7, 11) is 2.16. The van der Waals surface area contributed by atoms with Gasteiger partial charge in [0.05, 0.1) is 5.56 Å². The molecule has 3 heterocycles. The SMILES string of the molecule is Cc1ncc(C(=O)Nc2ccc(-c3cccc(OCCN4CCN(C)CC4)c3)cn2)cn1. The van der Waals surface area contributed by atoms with Gasteiger partial charge in [0.25, 0.3) is 5.91 Å². The molecule has 0 saturated carbocycles. The molecule has 2 aromatic heterocycles. The molecule has 0 unspecified atom stereocenters. The maximum Gasteiger partial charge on any atom is 0.259 e. The van der Waals surface area contributed by atoms with Crippen molar-refractivity contribution in [3.63, 3.8) is 0 Å². The minimum absolute atomic E-state index is 0.291. The lowest BCUT2D eigenvalue weighted by Gasteiger charge is -2.32. The van der Waals surface area contributed by atoms with E-state index in [1.54, 1.807) is 19.2 Å². The second-order valence-corrected chi connectivity index (χ2v) is 7.93. The zero-order valence-corrected chi connectivity index (χ0v) is 18.5. The minimum Gasteiger partial charge on any atom is -0.492 e. The van der Waals surface area contributed by atoms with Gasteiger partial charge in [-0.3, -0.25) is 9.69 Å². The van der Waals surface area contributed by atoms with Crippen LogP contribution >= 0.6 is 0 Å². The number of nitrogens with one attached hydrogen (secondary N) is 1. The smallest absolute Gasteiger partial charge is 0.259 e. The number of carbonyl (C=O) groups is 1. The summed E-state index contributed by atoms with van der Waals surface area (Å²) in [6.07, 6.45) is 4.74. The van der Waals surface area contributed by atoms with Crippen molar-refractivity contribution in [1.82, 2.24) is 24.8 Å². The Labute approximate surface area is 188 Å². The van der Waals surface area contributed by atoms with Crippen molar-refractivity contribution in [3.8, 4) is 16.9 Å². The molecule has 1 amide bonds. The first-order chi connectivity index (χ1) is 15.6. The molecular weight excluding hydrogens is 404 g/mol. The summed E-state index contributed by atoms with van der Waals surface area (Å²) in [6, 6.07) is 11.7. The third kappa shape index (κ3) is 5.87. The average Bonchev–Trinajstić information content (AvgIpc) is 2.81. The van der Waals surface area contributed by atoms with Gasteiger partial charge >= 0.3 is 0 Å². The molecule has 1 aliphatic rings. The predicted octanol–water partition coefficient (Wildman–Crippen LogP) is 2.73. The first-order valence-electron chi connectivity index (χ1n) is 10.8. The number of hydrogen-bond donors (Lipinski definition) is 1. The van der Waals surface area contributed by atoms with Gasteiger partial charge in [-0.2, -0.15) is 0 Å². The molecule has 166 valence electrons. The highest BCUT2D eigenvalue weighted by atomic mass is 16.5. The third-order valence-electron chi connectivity index (χ3n) is 5.49. The van der Waals surface area contributed by atoms with Gasteiger partial charge < -0.3 is 15.0 Å². The van der Waals surface area contributed by atoms with Gasteiger partial charge in [0.2, 0.25) is 0 Å². The maximum absolute atomic E-state index is 12.3. The van der Waals surface area contributed by atoms with E-state index in [0.29, 0.717) is 23.8 Å². The lowest BCUT2D eigenvalue weighted by molar-refractivity contribution is 0.102. The van der Waals surface area contributed by atoms with Crippen LogP contribution in [0.4, 0.5) is 5.82 Å². The number of amides is 1. The van der Waals surface area contributed by atoms with Crippen molar-refractivity contribution in [1.29, 1.82) is 0 Å². The molecule has 1 N–H and O–H groups in total. The molecule has 4 rings (SSSR count). The molecule has 0 atom stereocenters. The number of benzene rings is 1. The highest BCUT2D eigenvalue weighted by molar-refractivity contribution is 6.03. The molecule has 0 spiro atoms. The van der Waals surface area contributed by atoms with E-state index in [-0.39, 0.29) is 5.91 Å². The number of carbonyl (C=O) groups excluding carboxylic acids is 1. The number of hydrogen-bond acceptors (Lipinski definition) is 7. The van der Waals surface area contributed by atoms with Crippen LogP contribution in [0.2, 0.25) is 0 Å². The van der Waals surface area contributed by atoms with Gasteiger partial charge in [0, 0.05) is 56.9 Å². The first-order valence-corrected chi connectivity index (χ1v) is 10.8. The van der Waals surface area contributed by atoms with Gasteiger partial charge in [0.1, 0.15) is 24.0 Å². The molecule has 0 radical (unpaired) electrons. The van der Waals surface area contributed by atoms with Crippen LogP contribution in [0.15, 0.2) is 55.0 Å². The maximum atomic E-state index is 12.3. The topological polar surface area (TPSA) is 83.5 Å². The summed E-state index contributed by atoms with van der Waals surface area (Å²) in [6.45, 7) is 7.76. The Hall–Kier alpha value is -3.36. The number of ether oxygens (including phenoxy) is 1. The van der Waals surface area contributed by atoms with Crippen LogP contribution < -0.4 is 10.1 Å². The summed E-state index contributed by atoms with van der Waals surface area (Å²) >= 11 is 0. The molecule has 1 saturated heterocycles. The third-order valence-corrected chi connectivity index (χ3v) is 5.49. The van der Waals surface area contributed by atoms with E-state index < -0.39 is 0 Å². The van der Waals surface area contributed by atoms with E-state index in [1.165, 1.54) is 12.4 Å². The number of aromatic nitrogens is 3. The second-order valence-electron chi connectivity index (χ2n) is 7.93. The standard InChI is InChI=1S/C24H28N6O2/c1-18-25-16-21(17-26-18)24(31)28-23-7-6-20(15-27-23)19-4-3-5-22(14-19)32-13-12-30-10-8-29(2)9-11-30/h3-7,14-17H,8-13H2,1-2H3,(H,27,28,31). The lowest BCUT2D eigenvalue weighted by Crippen LogP contribution is -2.45. The molecule has 0 aliphatic carbocycles. The van der Waals surface area contributed by atoms with Crippen LogP contribution in [0.3, 0.4) is 0 Å². The molecule has 1 aliphatic heterocycles. The predicted molar refractivity (Wildman–Crippen MR) is 124 cm³/mol. The Kier molecular flexibility index (Phi) is 7.03. The van der Waals surface area contributed by atoms with E-state index in [2.05, 4.69) is 37.1 Å². The van der Waals surface area contributed by atoms with Crippen molar-refractivity contribution in [2.75, 3.05) is 51.7 Å². The Morgan fingerprint density at radius 1 is 1.00 bits per heavy atom. The van der Waals surface area contributed by atoms with E-state index in [4.69, 9.17) is 4.74 Å². The Morgan fingerprint density at radius 3 is 2.50 bits per heavy atom. The van der Waals surface area contributed by atoms with Crippen molar-refractivity contribution in [2.24, 2.45) is 0 Å². The van der Waals surface area contributed by atoms with Crippen molar-refractivity contribution >= 4 is 11.7 Å². The van der Waals surface area contributed by atoms with Crippen LogP contribution in [0.1, 0.15) is 16.2 Å². The molecular formula is C24H28N6O2. The normalized spacial score (nSPS) is 14.8. The van der Waals surface area contributed by atoms with Gasteiger partial charge in [-0.25, -0.2) is 15.0 Å². The molecule has 8 heteroatoms. The zero-order chi connectivity index (χ0) is 22.3. The zero-order valence-electron chi connectivity index (χ0n) is 18.5. The first kappa shape index (κ1) is 21.9. The lowest BCUT2D eigenvalue weighted by atomic mass is 10.1. The summed E-state index contributed by atoms with van der Waals surface area (Å²) in [4.78, 5) is 29.6. The quantitative estimate of drug-likeness (QED) is 0.615. The van der Waals surface area contributed by atoms with Crippen molar-refractivity contribution in [3.05, 3.63) is 66.4 Å². The van der Waals surface area contributed by atoms with Gasteiger partial charge in [-0.1, -0.05) is 12.1 Å². The molecule has 1 fully saturated rings. The van der Waals surface area contributed by atoms with Crippen LogP contribution in [0, 0.1) is 6.92 Å². The number of aryl methyl sites for hydroxylation is 1. The van der Waals surface area contributed by atoms with Crippen LogP contribution in [-0.4, -0.2) is 77.0 Å². The minimum atomic E-state index is -0.291. The molecule has 0 bridgehead atoms. The van der Waals surface area contributed by atoms with Crippen LogP contribution in [0.25, 0.3) is 11.1 Å².